The molecule has 0 aliphatic rings. The van der Waals surface area contributed by atoms with Gasteiger partial charge in [0, 0.05) is 17.5 Å². The molecule has 1 heterocycles. The van der Waals surface area contributed by atoms with Crippen LogP contribution in [0.4, 0.5) is 0 Å². The fourth-order valence-corrected chi connectivity index (χ4v) is 3.36. The Balaban J connectivity index is 2.05. The molecule has 0 bridgehead atoms. The van der Waals surface area contributed by atoms with Crippen molar-refractivity contribution in [3.8, 4) is 11.3 Å². The van der Waals surface area contributed by atoms with Crippen LogP contribution in [0.15, 0.2) is 71.0 Å². The second-order valence-electron chi connectivity index (χ2n) is 5.20. The first kappa shape index (κ1) is 15.4. The summed E-state index contributed by atoms with van der Waals surface area (Å²) < 4.78 is 2.13. The van der Waals surface area contributed by atoms with Crippen LogP contribution in [0.25, 0.3) is 11.3 Å². The molecule has 3 aromatic rings. The Labute approximate surface area is 139 Å². The van der Waals surface area contributed by atoms with Gasteiger partial charge in [-0.15, -0.1) is 11.3 Å². The fraction of sp³-hybridized carbons (Fsp3) is 0.158. The van der Waals surface area contributed by atoms with Gasteiger partial charge in [-0.3, -0.25) is 4.79 Å². The summed E-state index contributed by atoms with van der Waals surface area (Å²) in [7, 11) is 0. The number of carbonyl (C=O) groups excluding carboxylic acids is 1. The Morgan fingerprint density at radius 2 is 1.70 bits per heavy atom. The van der Waals surface area contributed by atoms with Crippen molar-refractivity contribution < 1.29 is 4.79 Å². The lowest BCUT2D eigenvalue weighted by Crippen LogP contribution is -2.18. The summed E-state index contributed by atoms with van der Waals surface area (Å²) in [6, 6.07) is 19.4. The quantitative estimate of drug-likeness (QED) is 0.702. The molecule has 0 aliphatic carbocycles. The van der Waals surface area contributed by atoms with Crippen molar-refractivity contribution in [3.63, 3.8) is 0 Å². The third kappa shape index (κ3) is 3.48. The number of rotatable bonds is 4. The monoisotopic (exact) mass is 322 g/mol. The van der Waals surface area contributed by atoms with Crippen LogP contribution in [0.5, 0.6) is 0 Å². The molecule has 1 amide bonds. The lowest BCUT2D eigenvalue weighted by Gasteiger charge is -2.07. The van der Waals surface area contributed by atoms with Crippen LogP contribution >= 0.6 is 11.3 Å². The normalized spacial score (nSPS) is 11.6. The minimum absolute atomic E-state index is 0.197. The van der Waals surface area contributed by atoms with Gasteiger partial charge in [0.15, 0.2) is 4.80 Å². The number of carbonyl (C=O) groups is 1. The number of hydrogen-bond acceptors (Lipinski definition) is 2. The average Bonchev–Trinajstić information content (AvgIpc) is 2.99. The van der Waals surface area contributed by atoms with Crippen molar-refractivity contribution in [1.82, 2.24) is 4.57 Å². The van der Waals surface area contributed by atoms with Gasteiger partial charge in [0.05, 0.1) is 5.69 Å². The summed E-state index contributed by atoms with van der Waals surface area (Å²) in [4.78, 5) is 17.4. The minimum Gasteiger partial charge on any atom is -0.316 e. The summed E-state index contributed by atoms with van der Waals surface area (Å²) in [5.41, 5.74) is 2.87. The zero-order chi connectivity index (χ0) is 16.1. The van der Waals surface area contributed by atoms with Crippen LogP contribution in [0, 0.1) is 0 Å². The molecule has 2 aromatic carbocycles. The van der Waals surface area contributed by atoms with Gasteiger partial charge in [0.2, 0.25) is 0 Å². The smallest absolute Gasteiger partial charge is 0.279 e. The second kappa shape index (κ2) is 7.20. The predicted molar refractivity (Wildman–Crippen MR) is 94.4 cm³/mol. The van der Waals surface area contributed by atoms with E-state index in [0.717, 1.165) is 29.0 Å². The number of thiazole rings is 1. The Morgan fingerprint density at radius 1 is 1.04 bits per heavy atom. The number of aromatic nitrogens is 1. The van der Waals surface area contributed by atoms with Crippen molar-refractivity contribution in [2.24, 2.45) is 4.99 Å². The third-order valence-electron chi connectivity index (χ3n) is 3.53. The minimum atomic E-state index is -0.197. The Kier molecular flexibility index (Phi) is 4.83. The van der Waals surface area contributed by atoms with Gasteiger partial charge in [-0.2, -0.15) is 4.99 Å². The molecule has 0 radical (unpaired) electrons. The highest BCUT2D eigenvalue weighted by Crippen LogP contribution is 2.20. The van der Waals surface area contributed by atoms with Gasteiger partial charge in [-0.1, -0.05) is 55.5 Å². The van der Waals surface area contributed by atoms with Crippen molar-refractivity contribution in [1.29, 1.82) is 0 Å². The molecule has 3 nitrogen and oxygen atoms in total. The third-order valence-corrected chi connectivity index (χ3v) is 4.40. The van der Waals surface area contributed by atoms with E-state index in [-0.39, 0.29) is 5.91 Å². The highest BCUT2D eigenvalue weighted by Gasteiger charge is 2.09. The van der Waals surface area contributed by atoms with Gasteiger partial charge in [-0.05, 0) is 24.1 Å². The van der Waals surface area contributed by atoms with Gasteiger partial charge in [-0.25, -0.2) is 0 Å². The lowest BCUT2D eigenvalue weighted by molar-refractivity contribution is 0.0998. The van der Waals surface area contributed by atoms with Crippen LogP contribution in [-0.2, 0) is 6.54 Å². The number of amides is 1. The molecule has 0 N–H and O–H groups in total. The maximum absolute atomic E-state index is 12.3. The van der Waals surface area contributed by atoms with Gasteiger partial charge in [0.25, 0.3) is 5.91 Å². The Morgan fingerprint density at radius 3 is 2.35 bits per heavy atom. The summed E-state index contributed by atoms with van der Waals surface area (Å²) in [5.74, 6) is -0.197. The summed E-state index contributed by atoms with van der Waals surface area (Å²) in [6.07, 6.45) is 0.989. The van der Waals surface area contributed by atoms with Crippen LogP contribution in [-0.4, -0.2) is 10.5 Å². The van der Waals surface area contributed by atoms with E-state index in [2.05, 4.69) is 34.0 Å². The molecular weight excluding hydrogens is 304 g/mol. The zero-order valence-corrected chi connectivity index (χ0v) is 13.8. The molecule has 23 heavy (non-hydrogen) atoms. The molecule has 0 spiro atoms. The second-order valence-corrected chi connectivity index (χ2v) is 6.04. The molecule has 4 heteroatoms. The molecule has 0 aliphatic heterocycles. The lowest BCUT2D eigenvalue weighted by atomic mass is 10.2. The summed E-state index contributed by atoms with van der Waals surface area (Å²) >= 11 is 1.51. The average molecular weight is 322 g/mol. The first-order chi connectivity index (χ1) is 11.3. The first-order valence-corrected chi connectivity index (χ1v) is 8.55. The maximum atomic E-state index is 12.3. The van der Waals surface area contributed by atoms with Gasteiger partial charge < -0.3 is 4.57 Å². The molecule has 116 valence electrons. The van der Waals surface area contributed by atoms with Crippen LogP contribution in [0.3, 0.4) is 0 Å². The fourth-order valence-electron chi connectivity index (χ4n) is 2.43. The summed E-state index contributed by atoms with van der Waals surface area (Å²) in [5, 5.41) is 2.07. The van der Waals surface area contributed by atoms with E-state index in [1.54, 1.807) is 12.1 Å². The van der Waals surface area contributed by atoms with Crippen LogP contribution < -0.4 is 4.80 Å². The molecule has 1 aromatic heterocycles. The zero-order valence-electron chi connectivity index (χ0n) is 13.0. The van der Waals surface area contributed by atoms with E-state index in [4.69, 9.17) is 0 Å². The van der Waals surface area contributed by atoms with Gasteiger partial charge in [0.1, 0.15) is 0 Å². The standard InChI is InChI=1S/C19H18N2OS/c1-2-13-21-17(15-9-5-3-6-10-15)14-23-19(21)20-18(22)16-11-7-4-8-12-16/h3-12,14H,2,13H2,1H3/b20-19-. The highest BCUT2D eigenvalue weighted by atomic mass is 32.1. The van der Waals surface area contributed by atoms with Gasteiger partial charge >= 0.3 is 0 Å². The molecule has 0 saturated carbocycles. The molecular formula is C19H18N2OS. The van der Waals surface area contributed by atoms with Crippen molar-refractivity contribution in [2.45, 2.75) is 19.9 Å². The number of nitrogens with zero attached hydrogens (tertiary/aromatic N) is 2. The molecule has 0 atom stereocenters. The van der Waals surface area contributed by atoms with E-state index in [1.807, 2.05) is 36.4 Å². The van der Waals surface area contributed by atoms with E-state index < -0.39 is 0 Å². The molecule has 0 unspecified atom stereocenters. The van der Waals surface area contributed by atoms with Crippen LogP contribution in [0.2, 0.25) is 0 Å². The van der Waals surface area contributed by atoms with Crippen molar-refractivity contribution in [3.05, 3.63) is 76.4 Å². The first-order valence-electron chi connectivity index (χ1n) is 7.67. The van der Waals surface area contributed by atoms with Crippen molar-refractivity contribution >= 4 is 17.2 Å². The summed E-state index contributed by atoms with van der Waals surface area (Å²) in [6.45, 7) is 2.97. The van der Waals surface area contributed by atoms with E-state index in [1.165, 1.54) is 11.3 Å². The van der Waals surface area contributed by atoms with E-state index in [0.29, 0.717) is 5.56 Å². The maximum Gasteiger partial charge on any atom is 0.279 e. The van der Waals surface area contributed by atoms with E-state index in [9.17, 15) is 4.79 Å². The number of hydrogen-bond donors (Lipinski definition) is 0. The predicted octanol–water partition coefficient (Wildman–Crippen LogP) is 4.37. The molecule has 0 fully saturated rings. The molecule has 0 saturated heterocycles. The molecule has 3 rings (SSSR count). The topological polar surface area (TPSA) is 34.4 Å². The Hall–Kier alpha value is -2.46. The largest absolute Gasteiger partial charge is 0.316 e. The highest BCUT2D eigenvalue weighted by molar-refractivity contribution is 7.07. The Bertz CT molecular complexity index is 848. The SMILES string of the molecule is CCCn1c(-c2ccccc2)cs/c1=N\C(=O)c1ccccc1. The van der Waals surface area contributed by atoms with Crippen molar-refractivity contribution in [2.75, 3.05) is 0 Å². The van der Waals surface area contributed by atoms with Crippen LogP contribution in [0.1, 0.15) is 23.7 Å². The number of benzene rings is 2. The van der Waals surface area contributed by atoms with E-state index >= 15 is 0 Å².